The normalized spacial score (nSPS) is 32.7. The van der Waals surface area contributed by atoms with E-state index < -0.39 is 0 Å². The first-order valence-electron chi connectivity index (χ1n) is 4.53. The summed E-state index contributed by atoms with van der Waals surface area (Å²) in [6, 6.07) is 0. The molecule has 0 amide bonds. The van der Waals surface area contributed by atoms with E-state index in [-0.39, 0.29) is 5.41 Å². The lowest BCUT2D eigenvalue weighted by atomic mass is 9.72. The summed E-state index contributed by atoms with van der Waals surface area (Å²) < 4.78 is 0. The Hall–Kier alpha value is -0.0800. The van der Waals surface area contributed by atoms with E-state index in [1.165, 1.54) is 12.8 Å². The quantitative estimate of drug-likeness (QED) is 0.627. The summed E-state index contributed by atoms with van der Waals surface area (Å²) in [4.78, 5) is 0. The van der Waals surface area contributed by atoms with Crippen molar-refractivity contribution in [3.63, 3.8) is 0 Å². The molecule has 11 heavy (non-hydrogen) atoms. The van der Waals surface area contributed by atoms with Gasteiger partial charge in [-0.2, -0.15) is 0 Å². The summed E-state index contributed by atoms with van der Waals surface area (Å²) in [5.41, 5.74) is 0.165. The molecule has 0 aromatic heterocycles. The number of hydrogen-bond acceptors (Lipinski definition) is 2. The SMILES string of the molecule is CC(C)C1(CO)CCCNC1. The van der Waals surface area contributed by atoms with Crippen LogP contribution >= 0.6 is 0 Å². The Morgan fingerprint density at radius 1 is 1.55 bits per heavy atom. The minimum atomic E-state index is 0.165. The number of piperidine rings is 1. The van der Waals surface area contributed by atoms with Crippen molar-refractivity contribution in [2.75, 3.05) is 19.7 Å². The smallest absolute Gasteiger partial charge is 0.0502 e. The van der Waals surface area contributed by atoms with Crippen LogP contribution in [-0.4, -0.2) is 24.8 Å². The van der Waals surface area contributed by atoms with Crippen molar-refractivity contribution in [3.05, 3.63) is 0 Å². The molecule has 2 nitrogen and oxygen atoms in total. The molecule has 0 saturated carbocycles. The Kier molecular flexibility index (Phi) is 2.90. The van der Waals surface area contributed by atoms with E-state index in [0.29, 0.717) is 12.5 Å². The predicted molar refractivity (Wildman–Crippen MR) is 46.5 cm³/mol. The lowest BCUT2D eigenvalue weighted by Gasteiger charge is -2.39. The van der Waals surface area contributed by atoms with Gasteiger partial charge in [0.05, 0.1) is 6.61 Å². The zero-order chi connectivity index (χ0) is 8.32. The second-order valence-electron chi connectivity index (χ2n) is 3.96. The van der Waals surface area contributed by atoms with Gasteiger partial charge >= 0.3 is 0 Å². The molecule has 0 aliphatic carbocycles. The predicted octanol–water partition coefficient (Wildman–Crippen LogP) is 1.00. The van der Waals surface area contributed by atoms with Gasteiger partial charge in [0.2, 0.25) is 0 Å². The monoisotopic (exact) mass is 157 g/mol. The van der Waals surface area contributed by atoms with Crippen LogP contribution in [0.3, 0.4) is 0 Å². The first-order chi connectivity index (χ1) is 5.21. The van der Waals surface area contributed by atoms with Crippen molar-refractivity contribution in [3.8, 4) is 0 Å². The molecule has 0 aromatic rings. The van der Waals surface area contributed by atoms with Crippen molar-refractivity contribution in [2.24, 2.45) is 11.3 Å². The Balaban J connectivity index is 2.57. The van der Waals surface area contributed by atoms with E-state index in [9.17, 15) is 5.11 Å². The molecule has 2 N–H and O–H groups in total. The first-order valence-corrected chi connectivity index (χ1v) is 4.53. The Labute approximate surface area is 69.0 Å². The van der Waals surface area contributed by atoms with Gasteiger partial charge in [0.15, 0.2) is 0 Å². The molecule has 1 heterocycles. The first kappa shape index (κ1) is 9.01. The second kappa shape index (κ2) is 3.55. The highest BCUT2D eigenvalue weighted by molar-refractivity contribution is 4.87. The molecule has 1 atom stereocenters. The van der Waals surface area contributed by atoms with Crippen LogP contribution in [0.4, 0.5) is 0 Å². The molecule has 1 saturated heterocycles. The van der Waals surface area contributed by atoms with Crippen molar-refractivity contribution in [2.45, 2.75) is 26.7 Å². The van der Waals surface area contributed by atoms with Gasteiger partial charge in [-0.1, -0.05) is 13.8 Å². The molecule has 0 radical (unpaired) electrons. The summed E-state index contributed by atoms with van der Waals surface area (Å²) in [5, 5.41) is 12.6. The topological polar surface area (TPSA) is 32.3 Å². The molecule has 1 unspecified atom stereocenters. The van der Waals surface area contributed by atoms with E-state index in [4.69, 9.17) is 0 Å². The van der Waals surface area contributed by atoms with Crippen LogP contribution < -0.4 is 5.32 Å². The average Bonchev–Trinajstić information content (AvgIpc) is 2.05. The van der Waals surface area contributed by atoms with Crippen molar-refractivity contribution in [1.82, 2.24) is 5.32 Å². The highest BCUT2D eigenvalue weighted by atomic mass is 16.3. The second-order valence-corrected chi connectivity index (χ2v) is 3.96. The van der Waals surface area contributed by atoms with Gasteiger partial charge < -0.3 is 10.4 Å². The summed E-state index contributed by atoms with van der Waals surface area (Å²) >= 11 is 0. The zero-order valence-electron chi connectivity index (χ0n) is 7.56. The van der Waals surface area contributed by atoms with Crippen LogP contribution in [-0.2, 0) is 0 Å². The maximum Gasteiger partial charge on any atom is 0.0502 e. The van der Waals surface area contributed by atoms with Crippen LogP contribution in [0.2, 0.25) is 0 Å². The van der Waals surface area contributed by atoms with Gasteiger partial charge in [0.25, 0.3) is 0 Å². The molecule has 0 bridgehead atoms. The summed E-state index contributed by atoms with van der Waals surface area (Å²) in [5.74, 6) is 0.584. The van der Waals surface area contributed by atoms with E-state index in [0.717, 1.165) is 13.1 Å². The van der Waals surface area contributed by atoms with Crippen molar-refractivity contribution < 1.29 is 5.11 Å². The Morgan fingerprint density at radius 3 is 2.55 bits per heavy atom. The Bertz CT molecular complexity index is 117. The maximum atomic E-state index is 9.27. The highest BCUT2D eigenvalue weighted by Crippen LogP contribution is 2.33. The third-order valence-electron chi connectivity index (χ3n) is 3.04. The number of hydrogen-bond donors (Lipinski definition) is 2. The molecule has 1 rings (SSSR count). The van der Waals surface area contributed by atoms with Gasteiger partial charge in [-0.25, -0.2) is 0 Å². The van der Waals surface area contributed by atoms with Crippen LogP contribution in [0.5, 0.6) is 0 Å². The molecule has 1 fully saturated rings. The zero-order valence-corrected chi connectivity index (χ0v) is 7.56. The minimum Gasteiger partial charge on any atom is -0.396 e. The highest BCUT2D eigenvalue weighted by Gasteiger charge is 2.34. The van der Waals surface area contributed by atoms with Crippen LogP contribution in [0.1, 0.15) is 26.7 Å². The van der Waals surface area contributed by atoms with Gasteiger partial charge in [0.1, 0.15) is 0 Å². The van der Waals surface area contributed by atoms with Crippen molar-refractivity contribution in [1.29, 1.82) is 0 Å². The van der Waals surface area contributed by atoms with Crippen LogP contribution in [0, 0.1) is 11.3 Å². The van der Waals surface area contributed by atoms with Gasteiger partial charge in [-0.15, -0.1) is 0 Å². The Morgan fingerprint density at radius 2 is 2.27 bits per heavy atom. The standard InChI is InChI=1S/C9H19NO/c1-8(2)9(7-11)4-3-5-10-6-9/h8,10-11H,3-7H2,1-2H3. The number of rotatable bonds is 2. The fourth-order valence-electron chi connectivity index (χ4n) is 1.80. The molecular weight excluding hydrogens is 138 g/mol. The molecule has 66 valence electrons. The van der Waals surface area contributed by atoms with E-state index in [2.05, 4.69) is 19.2 Å². The van der Waals surface area contributed by atoms with Crippen LogP contribution in [0.25, 0.3) is 0 Å². The van der Waals surface area contributed by atoms with E-state index in [1.54, 1.807) is 0 Å². The molecular formula is C9H19NO. The third-order valence-corrected chi connectivity index (χ3v) is 3.04. The van der Waals surface area contributed by atoms with Gasteiger partial charge in [-0.05, 0) is 25.3 Å². The van der Waals surface area contributed by atoms with E-state index >= 15 is 0 Å². The summed E-state index contributed by atoms with van der Waals surface area (Å²) in [7, 11) is 0. The van der Waals surface area contributed by atoms with Crippen LogP contribution in [0.15, 0.2) is 0 Å². The number of aliphatic hydroxyl groups is 1. The molecule has 1 aliphatic rings. The fraction of sp³-hybridized carbons (Fsp3) is 1.00. The lowest BCUT2D eigenvalue weighted by Crippen LogP contribution is -2.45. The molecule has 0 aromatic carbocycles. The number of aliphatic hydroxyl groups excluding tert-OH is 1. The molecule has 2 heteroatoms. The maximum absolute atomic E-state index is 9.27. The van der Waals surface area contributed by atoms with E-state index in [1.807, 2.05) is 0 Å². The summed E-state index contributed by atoms with van der Waals surface area (Å²) in [6.07, 6.45) is 2.38. The largest absolute Gasteiger partial charge is 0.396 e. The fourth-order valence-corrected chi connectivity index (χ4v) is 1.80. The van der Waals surface area contributed by atoms with Gasteiger partial charge in [0, 0.05) is 12.0 Å². The lowest BCUT2D eigenvalue weighted by molar-refractivity contribution is 0.0503. The van der Waals surface area contributed by atoms with Crippen molar-refractivity contribution >= 4 is 0 Å². The van der Waals surface area contributed by atoms with Gasteiger partial charge in [-0.3, -0.25) is 0 Å². The summed E-state index contributed by atoms with van der Waals surface area (Å²) in [6.45, 7) is 6.83. The number of nitrogens with one attached hydrogen (secondary N) is 1. The molecule has 1 aliphatic heterocycles. The average molecular weight is 157 g/mol. The minimum absolute atomic E-state index is 0.165. The third kappa shape index (κ3) is 1.74. The molecule has 0 spiro atoms.